The topological polar surface area (TPSA) is 102 Å². The Morgan fingerprint density at radius 3 is 2.18 bits per heavy atom. The molecular weight excluding hydrogens is 450 g/mol. The van der Waals surface area contributed by atoms with Crippen molar-refractivity contribution in [2.24, 2.45) is 5.14 Å². The molecule has 1 amide bonds. The zero-order valence-corrected chi connectivity index (χ0v) is 20.3. The summed E-state index contributed by atoms with van der Waals surface area (Å²) in [7, 11) is -4.11. The van der Waals surface area contributed by atoms with Crippen LogP contribution in [0.25, 0.3) is 0 Å². The van der Waals surface area contributed by atoms with E-state index >= 15 is 0 Å². The molecule has 180 valence electrons. The second kappa shape index (κ2) is 11.7. The summed E-state index contributed by atoms with van der Waals surface area (Å²) in [5.41, 5.74) is 2.13. The summed E-state index contributed by atoms with van der Waals surface area (Å²) in [6.45, 7) is 4.83. The van der Waals surface area contributed by atoms with E-state index in [1.54, 1.807) is 29.2 Å². The van der Waals surface area contributed by atoms with E-state index in [0.29, 0.717) is 30.1 Å². The molecule has 8 heteroatoms. The smallest absolute Gasteiger partial charge is 0.241 e. The number of hydrogen-bond acceptors (Lipinski definition) is 5. The molecule has 0 aliphatic heterocycles. The number of nitrogens with one attached hydrogen (secondary N) is 1. The first-order chi connectivity index (χ1) is 16.3. The molecule has 0 heterocycles. The number of anilines is 1. The van der Waals surface area contributed by atoms with Gasteiger partial charge in [-0.1, -0.05) is 61.9 Å². The maximum Gasteiger partial charge on any atom is 0.241 e. The number of primary sulfonamides is 1. The third kappa shape index (κ3) is 7.07. The van der Waals surface area contributed by atoms with Crippen LogP contribution >= 0.6 is 0 Å². The minimum atomic E-state index is -4.11. The van der Waals surface area contributed by atoms with Gasteiger partial charge >= 0.3 is 0 Å². The van der Waals surface area contributed by atoms with Crippen molar-refractivity contribution in [2.75, 3.05) is 11.9 Å². The summed E-state index contributed by atoms with van der Waals surface area (Å²) in [4.78, 5) is 13.9. The van der Waals surface area contributed by atoms with Gasteiger partial charge in [0, 0.05) is 26.6 Å². The fraction of sp³-hybridized carbons (Fsp3) is 0.269. The number of nitrogens with zero attached hydrogens (tertiary/aromatic N) is 1. The lowest BCUT2D eigenvalue weighted by Gasteiger charge is -2.23. The number of amides is 1. The highest BCUT2D eigenvalue weighted by Gasteiger charge is 2.23. The van der Waals surface area contributed by atoms with Gasteiger partial charge in [-0.3, -0.25) is 4.79 Å². The molecule has 0 saturated carbocycles. The van der Waals surface area contributed by atoms with Crippen LogP contribution < -0.4 is 15.2 Å². The van der Waals surface area contributed by atoms with Crippen molar-refractivity contribution in [2.45, 2.75) is 44.7 Å². The van der Waals surface area contributed by atoms with Gasteiger partial charge in [0.2, 0.25) is 15.9 Å². The van der Waals surface area contributed by atoms with Gasteiger partial charge in [-0.2, -0.15) is 0 Å². The molecule has 3 N–H and O–H groups in total. The highest BCUT2D eigenvalue weighted by atomic mass is 32.2. The Balaban J connectivity index is 2.02. The first-order valence-corrected chi connectivity index (χ1v) is 12.8. The SMILES string of the molecule is CCCCNc1cc(CN(Cc2ccccc2)C(C)=O)cc(S(N)(=O)=O)c1Oc1ccccc1. The van der Waals surface area contributed by atoms with Crippen molar-refractivity contribution >= 4 is 21.6 Å². The van der Waals surface area contributed by atoms with Gasteiger partial charge in [0.05, 0.1) is 5.69 Å². The van der Waals surface area contributed by atoms with Gasteiger partial charge in [0.1, 0.15) is 10.6 Å². The number of nitrogens with two attached hydrogens (primary N) is 1. The second-order valence-corrected chi connectivity index (χ2v) is 9.60. The Bertz CT molecular complexity index is 1200. The summed E-state index contributed by atoms with van der Waals surface area (Å²) in [5.74, 6) is 0.519. The molecule has 0 aromatic heterocycles. The summed E-state index contributed by atoms with van der Waals surface area (Å²) >= 11 is 0. The molecule has 3 aromatic rings. The standard InChI is InChI=1S/C26H31N3O4S/c1-3-4-15-28-24-16-22(19-29(20(2)30)18-21-11-7-5-8-12-21)17-25(34(27,31)32)26(24)33-23-13-9-6-10-14-23/h5-14,16-17,28H,3-4,15,18-19H2,1-2H3,(H2,27,31,32). The third-order valence-corrected chi connectivity index (χ3v) is 6.18. The molecule has 7 nitrogen and oxygen atoms in total. The van der Waals surface area contributed by atoms with Crippen molar-refractivity contribution in [3.63, 3.8) is 0 Å². The van der Waals surface area contributed by atoms with Gasteiger partial charge in [-0.15, -0.1) is 0 Å². The number of hydrogen-bond donors (Lipinski definition) is 2. The molecule has 0 aliphatic rings. The van der Waals surface area contributed by atoms with Crippen LogP contribution in [0.15, 0.2) is 77.7 Å². The van der Waals surface area contributed by atoms with Crippen LogP contribution in [0.5, 0.6) is 11.5 Å². The van der Waals surface area contributed by atoms with Crippen LogP contribution in [0.3, 0.4) is 0 Å². The van der Waals surface area contributed by atoms with E-state index < -0.39 is 10.0 Å². The van der Waals surface area contributed by atoms with Crippen LogP contribution in [0.2, 0.25) is 0 Å². The molecule has 0 saturated heterocycles. The quantitative estimate of drug-likeness (QED) is 0.380. The summed E-state index contributed by atoms with van der Waals surface area (Å²) in [6, 6.07) is 21.9. The van der Waals surface area contributed by atoms with E-state index in [1.165, 1.54) is 13.0 Å². The van der Waals surface area contributed by atoms with Gasteiger partial charge in [0.15, 0.2) is 5.75 Å². The first kappa shape index (κ1) is 25.3. The van der Waals surface area contributed by atoms with Crippen molar-refractivity contribution in [1.29, 1.82) is 0 Å². The van der Waals surface area contributed by atoms with Crippen LogP contribution in [0.1, 0.15) is 37.8 Å². The lowest BCUT2D eigenvalue weighted by atomic mass is 10.1. The summed E-state index contributed by atoms with van der Waals surface area (Å²) < 4.78 is 31.2. The summed E-state index contributed by atoms with van der Waals surface area (Å²) in [5, 5.41) is 8.89. The maximum absolute atomic E-state index is 12.6. The van der Waals surface area contributed by atoms with Crippen molar-refractivity contribution in [3.05, 3.63) is 83.9 Å². The highest BCUT2D eigenvalue weighted by Crippen LogP contribution is 2.37. The first-order valence-electron chi connectivity index (χ1n) is 11.2. The molecule has 34 heavy (non-hydrogen) atoms. The minimum Gasteiger partial charge on any atom is -0.454 e. The molecule has 0 atom stereocenters. The van der Waals surface area contributed by atoms with E-state index in [4.69, 9.17) is 9.88 Å². The normalized spacial score (nSPS) is 11.1. The Labute approximate surface area is 201 Å². The zero-order chi connectivity index (χ0) is 24.6. The monoisotopic (exact) mass is 481 g/mol. The van der Waals surface area contributed by atoms with Crippen molar-refractivity contribution < 1.29 is 17.9 Å². The van der Waals surface area contributed by atoms with Crippen LogP contribution in [0, 0.1) is 0 Å². The lowest BCUT2D eigenvalue weighted by Crippen LogP contribution is -2.28. The molecule has 0 radical (unpaired) electrons. The lowest BCUT2D eigenvalue weighted by molar-refractivity contribution is -0.130. The number of carbonyl (C=O) groups is 1. The summed E-state index contributed by atoms with van der Waals surface area (Å²) in [6.07, 6.45) is 1.87. The number of unbranched alkanes of at least 4 members (excludes halogenated alkanes) is 1. The second-order valence-electron chi connectivity index (χ2n) is 8.07. The molecule has 3 rings (SSSR count). The molecule has 0 unspecified atom stereocenters. The fourth-order valence-electron chi connectivity index (χ4n) is 3.51. The van der Waals surface area contributed by atoms with Crippen LogP contribution in [-0.2, 0) is 27.9 Å². The molecule has 3 aromatic carbocycles. The molecule has 0 fully saturated rings. The molecule has 0 bridgehead atoms. The van der Waals surface area contributed by atoms with Gasteiger partial charge < -0.3 is 15.0 Å². The van der Waals surface area contributed by atoms with E-state index in [2.05, 4.69) is 12.2 Å². The number of rotatable bonds is 11. The average Bonchev–Trinajstić information content (AvgIpc) is 2.80. The fourth-order valence-corrected chi connectivity index (χ4v) is 4.23. The Morgan fingerprint density at radius 2 is 1.59 bits per heavy atom. The van der Waals surface area contributed by atoms with Gasteiger partial charge in [0.25, 0.3) is 0 Å². The predicted octanol–water partition coefficient (Wildman–Crippen LogP) is 4.89. The van der Waals surface area contributed by atoms with Gasteiger partial charge in [-0.25, -0.2) is 13.6 Å². The minimum absolute atomic E-state index is 0.119. The number of ether oxygens (including phenoxy) is 1. The number of sulfonamides is 1. The van der Waals surface area contributed by atoms with E-state index in [9.17, 15) is 13.2 Å². The maximum atomic E-state index is 12.6. The molecule has 0 spiro atoms. The molecule has 0 aliphatic carbocycles. The highest BCUT2D eigenvalue weighted by molar-refractivity contribution is 7.89. The Kier molecular flexibility index (Phi) is 8.67. The van der Waals surface area contributed by atoms with E-state index in [1.807, 2.05) is 42.5 Å². The van der Waals surface area contributed by atoms with E-state index in [-0.39, 0.29) is 23.1 Å². The number of carbonyl (C=O) groups excluding carboxylic acids is 1. The number of benzene rings is 3. The van der Waals surface area contributed by atoms with E-state index in [0.717, 1.165) is 18.4 Å². The van der Waals surface area contributed by atoms with Crippen molar-refractivity contribution in [1.82, 2.24) is 4.90 Å². The number of para-hydroxylation sites is 1. The van der Waals surface area contributed by atoms with Gasteiger partial charge in [-0.05, 0) is 41.8 Å². The van der Waals surface area contributed by atoms with Crippen molar-refractivity contribution in [3.8, 4) is 11.5 Å². The average molecular weight is 482 g/mol. The Hall–Kier alpha value is -3.36. The predicted molar refractivity (Wildman–Crippen MR) is 134 cm³/mol. The zero-order valence-electron chi connectivity index (χ0n) is 19.5. The Morgan fingerprint density at radius 1 is 0.971 bits per heavy atom. The molecular formula is C26H31N3O4S. The van der Waals surface area contributed by atoms with Crippen LogP contribution in [-0.4, -0.2) is 25.8 Å². The third-order valence-electron chi connectivity index (χ3n) is 5.27. The van der Waals surface area contributed by atoms with Crippen LogP contribution in [0.4, 0.5) is 5.69 Å². The largest absolute Gasteiger partial charge is 0.454 e.